The van der Waals surface area contributed by atoms with Gasteiger partial charge >= 0.3 is 6.03 Å². The molecule has 21 heavy (non-hydrogen) atoms. The molecule has 6 heteroatoms. The summed E-state index contributed by atoms with van der Waals surface area (Å²) in [5.74, 6) is -0.368. The molecule has 0 radical (unpaired) electrons. The van der Waals surface area contributed by atoms with Gasteiger partial charge in [0, 0.05) is 19.1 Å². The van der Waals surface area contributed by atoms with E-state index in [2.05, 4.69) is 5.32 Å². The first kappa shape index (κ1) is 15.8. The molecule has 0 unspecified atom stereocenters. The summed E-state index contributed by atoms with van der Waals surface area (Å²) in [7, 11) is 0. The van der Waals surface area contributed by atoms with E-state index in [1.807, 2.05) is 6.92 Å². The zero-order chi connectivity index (χ0) is 15.4. The monoisotopic (exact) mass is 295 g/mol. The highest BCUT2D eigenvalue weighted by Gasteiger charge is 2.44. The van der Waals surface area contributed by atoms with E-state index in [1.54, 1.807) is 6.92 Å². The third kappa shape index (κ3) is 3.36. The van der Waals surface area contributed by atoms with Gasteiger partial charge in [0.25, 0.3) is 5.91 Å². The molecule has 0 spiro atoms. The Labute approximate surface area is 125 Å². The summed E-state index contributed by atoms with van der Waals surface area (Å²) in [5, 5.41) is 3.01. The number of nitrogens with zero attached hydrogens (tertiary/aromatic N) is 2. The molecule has 0 aromatic heterocycles. The number of carbonyl (C=O) groups is 3. The van der Waals surface area contributed by atoms with Crippen molar-refractivity contribution < 1.29 is 14.4 Å². The summed E-state index contributed by atoms with van der Waals surface area (Å²) < 4.78 is 0. The lowest BCUT2D eigenvalue weighted by atomic mass is 9.95. The third-order valence-electron chi connectivity index (χ3n) is 4.41. The number of hydrogen-bond donors (Lipinski definition) is 1. The summed E-state index contributed by atoms with van der Waals surface area (Å²) in [6.07, 6.45) is 5.64. The summed E-state index contributed by atoms with van der Waals surface area (Å²) in [4.78, 5) is 39.2. The zero-order valence-corrected chi connectivity index (χ0v) is 12.9. The van der Waals surface area contributed by atoms with E-state index in [9.17, 15) is 14.4 Å². The second-order valence-corrected chi connectivity index (χ2v) is 5.77. The van der Waals surface area contributed by atoms with Gasteiger partial charge < -0.3 is 10.2 Å². The number of carbonyl (C=O) groups excluding carboxylic acids is 3. The molecule has 1 heterocycles. The van der Waals surface area contributed by atoms with E-state index < -0.39 is 6.04 Å². The van der Waals surface area contributed by atoms with Gasteiger partial charge in [-0.25, -0.2) is 4.79 Å². The predicted octanol–water partition coefficient (Wildman–Crippen LogP) is 1.50. The van der Waals surface area contributed by atoms with Gasteiger partial charge in [0.15, 0.2) is 0 Å². The Morgan fingerprint density at radius 1 is 1.14 bits per heavy atom. The van der Waals surface area contributed by atoms with E-state index in [4.69, 9.17) is 0 Å². The first-order chi connectivity index (χ1) is 10.1. The van der Waals surface area contributed by atoms with Crippen LogP contribution in [-0.2, 0) is 9.59 Å². The lowest BCUT2D eigenvalue weighted by Gasteiger charge is -2.24. The standard InChI is InChI=1S/C15H25N3O3/c1-3-17-12(14(20)18(4-2)15(17)21)10-13(19)16-11-8-6-5-7-9-11/h11-12H,3-10H2,1-2H3,(H,16,19)/t12-/m0/s1. The van der Waals surface area contributed by atoms with Crippen molar-refractivity contribution in [3.05, 3.63) is 0 Å². The number of imide groups is 1. The van der Waals surface area contributed by atoms with Crippen LogP contribution in [-0.4, -0.2) is 52.8 Å². The lowest BCUT2D eigenvalue weighted by molar-refractivity contribution is -0.132. The molecule has 1 atom stereocenters. The average Bonchev–Trinajstić information content (AvgIpc) is 2.70. The fraction of sp³-hybridized carbons (Fsp3) is 0.800. The molecule has 0 bridgehead atoms. The van der Waals surface area contributed by atoms with Crippen LogP contribution in [0.15, 0.2) is 0 Å². The fourth-order valence-electron chi connectivity index (χ4n) is 3.25. The van der Waals surface area contributed by atoms with Crippen molar-refractivity contribution in [1.29, 1.82) is 0 Å². The zero-order valence-electron chi connectivity index (χ0n) is 12.9. The van der Waals surface area contributed by atoms with Crippen molar-refractivity contribution in [2.45, 2.75) is 64.5 Å². The summed E-state index contributed by atoms with van der Waals surface area (Å²) in [6, 6.07) is -0.678. The van der Waals surface area contributed by atoms with Crippen LogP contribution < -0.4 is 5.32 Å². The fourth-order valence-corrected chi connectivity index (χ4v) is 3.25. The predicted molar refractivity (Wildman–Crippen MR) is 78.6 cm³/mol. The van der Waals surface area contributed by atoms with Gasteiger partial charge in [-0.05, 0) is 26.7 Å². The molecule has 0 aromatic carbocycles. The number of urea groups is 1. The first-order valence-corrected chi connectivity index (χ1v) is 7.99. The van der Waals surface area contributed by atoms with E-state index in [1.165, 1.54) is 16.2 Å². The summed E-state index contributed by atoms with van der Waals surface area (Å²) in [5.41, 5.74) is 0. The molecule has 118 valence electrons. The minimum absolute atomic E-state index is 0.0748. The van der Waals surface area contributed by atoms with E-state index >= 15 is 0 Å². The van der Waals surface area contributed by atoms with Gasteiger partial charge in [-0.15, -0.1) is 0 Å². The number of hydrogen-bond acceptors (Lipinski definition) is 3. The Bertz CT molecular complexity index is 418. The maximum absolute atomic E-state index is 12.2. The van der Waals surface area contributed by atoms with Crippen LogP contribution in [0.4, 0.5) is 4.79 Å². The van der Waals surface area contributed by atoms with Gasteiger partial charge in [0.1, 0.15) is 6.04 Å². The minimum Gasteiger partial charge on any atom is -0.353 e. The maximum atomic E-state index is 12.2. The molecule has 4 amide bonds. The molecule has 2 rings (SSSR count). The highest BCUT2D eigenvalue weighted by atomic mass is 16.2. The third-order valence-corrected chi connectivity index (χ3v) is 4.41. The quantitative estimate of drug-likeness (QED) is 0.781. The second-order valence-electron chi connectivity index (χ2n) is 5.77. The Kier molecular flexibility index (Phi) is 5.20. The van der Waals surface area contributed by atoms with Crippen molar-refractivity contribution in [3.63, 3.8) is 0 Å². The van der Waals surface area contributed by atoms with Crippen LogP contribution in [0, 0.1) is 0 Å². The summed E-state index contributed by atoms with van der Waals surface area (Å²) in [6.45, 7) is 4.40. The van der Waals surface area contributed by atoms with Crippen LogP contribution in [0.5, 0.6) is 0 Å². The minimum atomic E-state index is -0.633. The Morgan fingerprint density at radius 2 is 1.81 bits per heavy atom. The molecule has 1 aliphatic heterocycles. The van der Waals surface area contributed by atoms with Crippen molar-refractivity contribution in [2.75, 3.05) is 13.1 Å². The Balaban J connectivity index is 1.95. The molecule has 0 aromatic rings. The molecular formula is C15H25N3O3. The Hall–Kier alpha value is -1.59. The van der Waals surface area contributed by atoms with Crippen molar-refractivity contribution in [2.24, 2.45) is 0 Å². The molecule has 1 N–H and O–H groups in total. The van der Waals surface area contributed by atoms with Crippen molar-refractivity contribution in [3.8, 4) is 0 Å². The molecule has 1 saturated heterocycles. The van der Waals surface area contributed by atoms with Crippen LogP contribution in [0.3, 0.4) is 0 Å². The highest BCUT2D eigenvalue weighted by molar-refractivity contribution is 6.05. The topological polar surface area (TPSA) is 69.7 Å². The van der Waals surface area contributed by atoms with Gasteiger partial charge in [-0.1, -0.05) is 19.3 Å². The van der Waals surface area contributed by atoms with Crippen LogP contribution >= 0.6 is 0 Å². The number of rotatable bonds is 5. The second kappa shape index (κ2) is 6.91. The van der Waals surface area contributed by atoms with Gasteiger partial charge in [-0.3, -0.25) is 14.5 Å². The normalized spacial score (nSPS) is 23.8. The molecular weight excluding hydrogens is 270 g/mol. The van der Waals surface area contributed by atoms with Crippen LogP contribution in [0.1, 0.15) is 52.4 Å². The van der Waals surface area contributed by atoms with E-state index in [0.29, 0.717) is 13.1 Å². The van der Waals surface area contributed by atoms with Crippen molar-refractivity contribution in [1.82, 2.24) is 15.1 Å². The molecule has 2 aliphatic rings. The molecule has 6 nitrogen and oxygen atoms in total. The number of likely N-dealkylation sites (N-methyl/N-ethyl adjacent to an activating group) is 2. The highest BCUT2D eigenvalue weighted by Crippen LogP contribution is 2.21. The SMILES string of the molecule is CCN1C(=O)[C@H](CC(=O)NC2CCCCC2)N(CC)C1=O. The average molecular weight is 295 g/mol. The largest absolute Gasteiger partial charge is 0.353 e. The van der Waals surface area contributed by atoms with Crippen LogP contribution in [0.25, 0.3) is 0 Å². The number of amides is 4. The smallest absolute Gasteiger partial charge is 0.327 e. The maximum Gasteiger partial charge on any atom is 0.327 e. The van der Waals surface area contributed by atoms with Gasteiger partial charge in [0.05, 0.1) is 6.42 Å². The first-order valence-electron chi connectivity index (χ1n) is 7.99. The lowest BCUT2D eigenvalue weighted by Crippen LogP contribution is -2.42. The van der Waals surface area contributed by atoms with Gasteiger partial charge in [0.2, 0.25) is 5.91 Å². The van der Waals surface area contributed by atoms with Crippen molar-refractivity contribution >= 4 is 17.8 Å². The molecule has 1 aliphatic carbocycles. The van der Waals surface area contributed by atoms with E-state index in [0.717, 1.165) is 25.7 Å². The number of nitrogens with one attached hydrogen (secondary N) is 1. The molecule has 2 fully saturated rings. The Morgan fingerprint density at radius 3 is 2.38 bits per heavy atom. The summed E-state index contributed by atoms with van der Waals surface area (Å²) >= 11 is 0. The van der Waals surface area contributed by atoms with Gasteiger partial charge in [-0.2, -0.15) is 0 Å². The van der Waals surface area contributed by atoms with Crippen LogP contribution in [0.2, 0.25) is 0 Å². The molecule has 1 saturated carbocycles. The van der Waals surface area contributed by atoms with E-state index in [-0.39, 0.29) is 30.3 Å².